The highest BCUT2D eigenvalue weighted by molar-refractivity contribution is 5.14. The smallest absolute Gasteiger partial charge is 0.000516 e. The van der Waals surface area contributed by atoms with E-state index in [1.807, 2.05) is 0 Å². The normalized spacial score (nSPS) is 18.4. The molecule has 1 aromatic carbocycles. The number of hydrogen-bond acceptors (Lipinski definition) is 1. The number of aryl methyl sites for hydroxylation is 1. The SMILES string of the molecule is CC1(CNCCCCc2ccccc2)CCCCC1. The van der Waals surface area contributed by atoms with E-state index < -0.39 is 0 Å². The minimum atomic E-state index is 0.581. The first-order valence-corrected chi connectivity index (χ1v) is 8.03. The van der Waals surface area contributed by atoms with Crippen LogP contribution in [0.25, 0.3) is 0 Å². The van der Waals surface area contributed by atoms with Crippen molar-refractivity contribution >= 4 is 0 Å². The van der Waals surface area contributed by atoms with Crippen LogP contribution in [0.5, 0.6) is 0 Å². The fourth-order valence-corrected chi connectivity index (χ4v) is 3.20. The Kier molecular flexibility index (Phi) is 5.91. The van der Waals surface area contributed by atoms with E-state index in [1.54, 1.807) is 0 Å². The molecule has 0 radical (unpaired) electrons. The third-order valence-electron chi connectivity index (χ3n) is 4.52. The first-order valence-electron chi connectivity index (χ1n) is 8.03. The summed E-state index contributed by atoms with van der Waals surface area (Å²) < 4.78 is 0. The maximum atomic E-state index is 3.68. The van der Waals surface area contributed by atoms with Gasteiger partial charge in [0.25, 0.3) is 0 Å². The van der Waals surface area contributed by atoms with Crippen molar-refractivity contribution < 1.29 is 0 Å². The molecule has 0 amide bonds. The van der Waals surface area contributed by atoms with Gasteiger partial charge in [-0.1, -0.05) is 56.5 Å². The van der Waals surface area contributed by atoms with Crippen LogP contribution in [0.15, 0.2) is 30.3 Å². The van der Waals surface area contributed by atoms with E-state index in [0.717, 1.165) is 0 Å². The number of hydrogen-bond donors (Lipinski definition) is 1. The molecule has 0 bridgehead atoms. The molecular weight excluding hydrogens is 230 g/mol. The van der Waals surface area contributed by atoms with Crippen molar-refractivity contribution in [2.45, 2.75) is 58.3 Å². The molecule has 0 spiro atoms. The third-order valence-corrected chi connectivity index (χ3v) is 4.52. The number of benzene rings is 1. The molecule has 1 aliphatic rings. The van der Waals surface area contributed by atoms with Gasteiger partial charge in [-0.15, -0.1) is 0 Å². The third kappa shape index (κ3) is 5.36. The monoisotopic (exact) mass is 259 g/mol. The van der Waals surface area contributed by atoms with E-state index in [0.29, 0.717) is 5.41 Å². The number of unbranched alkanes of at least 4 members (excludes halogenated alkanes) is 1. The summed E-state index contributed by atoms with van der Waals surface area (Å²) in [6, 6.07) is 10.8. The molecule has 1 saturated carbocycles. The van der Waals surface area contributed by atoms with E-state index in [9.17, 15) is 0 Å². The van der Waals surface area contributed by atoms with Crippen LogP contribution in [0.1, 0.15) is 57.4 Å². The standard InChI is InChI=1S/C18H29N/c1-18(13-7-3-8-14-18)16-19-15-9-6-12-17-10-4-2-5-11-17/h2,4-5,10-11,19H,3,6-9,12-16H2,1H3. The molecule has 0 aromatic heterocycles. The average Bonchev–Trinajstić information content (AvgIpc) is 2.44. The summed E-state index contributed by atoms with van der Waals surface area (Å²) in [5.74, 6) is 0. The Balaban J connectivity index is 1.52. The lowest BCUT2D eigenvalue weighted by atomic mass is 9.76. The van der Waals surface area contributed by atoms with Crippen LogP contribution < -0.4 is 5.32 Å². The summed E-state index contributed by atoms with van der Waals surface area (Å²) in [4.78, 5) is 0. The first kappa shape index (κ1) is 14.6. The van der Waals surface area contributed by atoms with Crippen molar-refractivity contribution in [1.82, 2.24) is 5.32 Å². The van der Waals surface area contributed by atoms with Gasteiger partial charge in [0.15, 0.2) is 0 Å². The molecule has 1 aliphatic carbocycles. The number of nitrogens with one attached hydrogen (secondary N) is 1. The van der Waals surface area contributed by atoms with Crippen LogP contribution in [-0.2, 0) is 6.42 Å². The first-order chi connectivity index (χ1) is 9.29. The molecule has 1 N–H and O–H groups in total. The molecule has 0 heterocycles. The Bertz CT molecular complexity index is 338. The molecule has 1 aromatic rings. The predicted octanol–water partition coefficient (Wildman–Crippen LogP) is 4.57. The maximum Gasteiger partial charge on any atom is 0.000516 e. The summed E-state index contributed by atoms with van der Waals surface area (Å²) in [5, 5.41) is 3.68. The van der Waals surface area contributed by atoms with Crippen LogP contribution in [0.3, 0.4) is 0 Å². The van der Waals surface area contributed by atoms with E-state index >= 15 is 0 Å². The van der Waals surface area contributed by atoms with E-state index in [1.165, 1.54) is 70.0 Å². The lowest BCUT2D eigenvalue weighted by Crippen LogP contribution is -2.34. The van der Waals surface area contributed by atoms with E-state index in [4.69, 9.17) is 0 Å². The molecule has 1 fully saturated rings. The second-order valence-electron chi connectivity index (χ2n) is 6.49. The molecule has 2 rings (SSSR count). The minimum Gasteiger partial charge on any atom is -0.316 e. The zero-order valence-electron chi connectivity index (χ0n) is 12.5. The molecule has 0 atom stereocenters. The van der Waals surface area contributed by atoms with Crippen LogP contribution in [0, 0.1) is 5.41 Å². The van der Waals surface area contributed by atoms with Crippen molar-refractivity contribution in [1.29, 1.82) is 0 Å². The quantitative estimate of drug-likeness (QED) is 0.707. The van der Waals surface area contributed by atoms with Crippen LogP contribution in [0.2, 0.25) is 0 Å². The lowest BCUT2D eigenvalue weighted by Gasteiger charge is -2.33. The highest BCUT2D eigenvalue weighted by Gasteiger charge is 2.25. The maximum absolute atomic E-state index is 3.68. The topological polar surface area (TPSA) is 12.0 Å². The van der Waals surface area contributed by atoms with Crippen molar-refractivity contribution in [3.63, 3.8) is 0 Å². The van der Waals surface area contributed by atoms with Crippen LogP contribution >= 0.6 is 0 Å². The Morgan fingerprint density at radius 2 is 1.74 bits per heavy atom. The summed E-state index contributed by atoms with van der Waals surface area (Å²) in [7, 11) is 0. The average molecular weight is 259 g/mol. The van der Waals surface area contributed by atoms with Crippen molar-refractivity contribution in [3.8, 4) is 0 Å². The lowest BCUT2D eigenvalue weighted by molar-refractivity contribution is 0.208. The number of rotatable bonds is 7. The van der Waals surface area contributed by atoms with Gasteiger partial charge in [-0.3, -0.25) is 0 Å². The predicted molar refractivity (Wildman–Crippen MR) is 83.4 cm³/mol. The second-order valence-corrected chi connectivity index (χ2v) is 6.49. The Morgan fingerprint density at radius 1 is 1.00 bits per heavy atom. The molecule has 0 saturated heterocycles. The Labute approximate surface area is 118 Å². The highest BCUT2D eigenvalue weighted by atomic mass is 14.9. The van der Waals surface area contributed by atoms with E-state index in [-0.39, 0.29) is 0 Å². The van der Waals surface area contributed by atoms with Crippen LogP contribution in [-0.4, -0.2) is 13.1 Å². The zero-order chi connectivity index (χ0) is 13.4. The van der Waals surface area contributed by atoms with Gasteiger partial charge in [0.1, 0.15) is 0 Å². The summed E-state index contributed by atoms with van der Waals surface area (Å²) in [6.45, 7) is 4.86. The van der Waals surface area contributed by atoms with Gasteiger partial charge in [0.05, 0.1) is 0 Å². The molecule has 0 aliphatic heterocycles. The van der Waals surface area contributed by atoms with Crippen LogP contribution in [0.4, 0.5) is 0 Å². The molecule has 19 heavy (non-hydrogen) atoms. The molecule has 1 nitrogen and oxygen atoms in total. The largest absolute Gasteiger partial charge is 0.316 e. The fraction of sp³-hybridized carbons (Fsp3) is 0.667. The Hall–Kier alpha value is -0.820. The van der Waals surface area contributed by atoms with Gasteiger partial charge < -0.3 is 5.32 Å². The van der Waals surface area contributed by atoms with Gasteiger partial charge in [0.2, 0.25) is 0 Å². The van der Waals surface area contributed by atoms with Gasteiger partial charge in [-0.05, 0) is 49.6 Å². The van der Waals surface area contributed by atoms with Gasteiger partial charge in [0, 0.05) is 6.54 Å². The van der Waals surface area contributed by atoms with Gasteiger partial charge in [-0.2, -0.15) is 0 Å². The van der Waals surface area contributed by atoms with Gasteiger partial charge in [-0.25, -0.2) is 0 Å². The minimum absolute atomic E-state index is 0.581. The molecule has 0 unspecified atom stereocenters. The molecule has 106 valence electrons. The second kappa shape index (κ2) is 7.69. The Morgan fingerprint density at radius 3 is 2.47 bits per heavy atom. The summed E-state index contributed by atoms with van der Waals surface area (Å²) >= 11 is 0. The molecular formula is C18H29N. The van der Waals surface area contributed by atoms with Gasteiger partial charge >= 0.3 is 0 Å². The summed E-state index contributed by atoms with van der Waals surface area (Å²) in [6.07, 6.45) is 11.0. The zero-order valence-corrected chi connectivity index (χ0v) is 12.5. The molecule has 1 heteroatoms. The van der Waals surface area contributed by atoms with E-state index in [2.05, 4.69) is 42.6 Å². The summed E-state index contributed by atoms with van der Waals surface area (Å²) in [5.41, 5.74) is 2.05. The van der Waals surface area contributed by atoms with Crippen molar-refractivity contribution in [3.05, 3.63) is 35.9 Å². The van der Waals surface area contributed by atoms with Crippen molar-refractivity contribution in [2.75, 3.05) is 13.1 Å². The van der Waals surface area contributed by atoms with Crippen molar-refractivity contribution in [2.24, 2.45) is 5.41 Å². The fourth-order valence-electron chi connectivity index (χ4n) is 3.20. The highest BCUT2D eigenvalue weighted by Crippen LogP contribution is 2.34.